The molecule has 0 saturated carbocycles. The molecule has 0 aliphatic rings. The number of hydrogen-bond acceptors (Lipinski definition) is 2. The van der Waals surface area contributed by atoms with Crippen LogP contribution in [0.25, 0.3) is 0 Å². The molecule has 5 heteroatoms. The highest BCUT2D eigenvalue weighted by atomic mass is 79.9. The Labute approximate surface area is 95.4 Å². The molecule has 2 N–H and O–H groups in total. The molecule has 0 radical (unpaired) electrons. The summed E-state index contributed by atoms with van der Waals surface area (Å²) in [5.74, 6) is 0. The lowest BCUT2D eigenvalue weighted by Crippen LogP contribution is -2.31. The molecule has 0 aliphatic carbocycles. The standard InChI is InChI=1S/C10H12BrF2NO/c11-8-3-1-7(2-4-8)5-14-6-9(15)10(12)13/h1-4,9-10,14-15H,5-6H2. The second-order valence-electron chi connectivity index (χ2n) is 3.16. The number of aliphatic hydroxyl groups excluding tert-OH is 1. The molecule has 0 saturated heterocycles. The van der Waals surface area contributed by atoms with Crippen LogP contribution in [0.3, 0.4) is 0 Å². The Kier molecular flexibility index (Phi) is 5.14. The molecule has 0 fully saturated rings. The molecule has 0 heterocycles. The minimum absolute atomic E-state index is 0.103. The van der Waals surface area contributed by atoms with Gasteiger partial charge in [0.25, 0.3) is 6.43 Å². The van der Waals surface area contributed by atoms with E-state index in [2.05, 4.69) is 21.2 Å². The van der Waals surface area contributed by atoms with Gasteiger partial charge in [0.15, 0.2) is 0 Å². The van der Waals surface area contributed by atoms with Gasteiger partial charge < -0.3 is 10.4 Å². The first-order valence-electron chi connectivity index (χ1n) is 4.51. The van der Waals surface area contributed by atoms with Gasteiger partial charge in [-0.15, -0.1) is 0 Å². The van der Waals surface area contributed by atoms with Crippen molar-refractivity contribution in [3.8, 4) is 0 Å². The second-order valence-corrected chi connectivity index (χ2v) is 4.07. The first-order valence-corrected chi connectivity index (χ1v) is 5.30. The predicted octanol–water partition coefficient (Wildman–Crippen LogP) is 2.16. The molecule has 84 valence electrons. The second kappa shape index (κ2) is 6.15. The zero-order chi connectivity index (χ0) is 11.3. The molecule has 1 aromatic rings. The van der Waals surface area contributed by atoms with Gasteiger partial charge in [-0.25, -0.2) is 8.78 Å². The van der Waals surface area contributed by atoms with E-state index in [1.54, 1.807) is 0 Å². The maximum atomic E-state index is 11.9. The largest absolute Gasteiger partial charge is 0.386 e. The van der Waals surface area contributed by atoms with Crippen LogP contribution in [-0.4, -0.2) is 24.2 Å². The zero-order valence-electron chi connectivity index (χ0n) is 7.96. The number of hydrogen-bond donors (Lipinski definition) is 2. The molecule has 0 spiro atoms. The van der Waals surface area contributed by atoms with E-state index >= 15 is 0 Å². The van der Waals surface area contributed by atoms with Crippen LogP contribution in [0.15, 0.2) is 28.7 Å². The van der Waals surface area contributed by atoms with Crippen molar-refractivity contribution < 1.29 is 13.9 Å². The normalized spacial score (nSPS) is 13.1. The lowest BCUT2D eigenvalue weighted by molar-refractivity contribution is -0.00340. The fraction of sp³-hybridized carbons (Fsp3) is 0.400. The van der Waals surface area contributed by atoms with Crippen LogP contribution in [0, 0.1) is 0 Å². The van der Waals surface area contributed by atoms with E-state index < -0.39 is 12.5 Å². The van der Waals surface area contributed by atoms with Gasteiger partial charge in [0.2, 0.25) is 0 Å². The van der Waals surface area contributed by atoms with Crippen molar-refractivity contribution >= 4 is 15.9 Å². The van der Waals surface area contributed by atoms with Crippen LogP contribution in [-0.2, 0) is 6.54 Å². The number of benzene rings is 1. The van der Waals surface area contributed by atoms with E-state index in [4.69, 9.17) is 5.11 Å². The topological polar surface area (TPSA) is 32.3 Å². The smallest absolute Gasteiger partial charge is 0.265 e. The fourth-order valence-electron chi connectivity index (χ4n) is 1.06. The van der Waals surface area contributed by atoms with Gasteiger partial charge in [-0.1, -0.05) is 28.1 Å². The Hall–Kier alpha value is -0.520. The van der Waals surface area contributed by atoms with E-state index in [9.17, 15) is 8.78 Å². The van der Waals surface area contributed by atoms with Crippen molar-refractivity contribution in [3.63, 3.8) is 0 Å². The van der Waals surface area contributed by atoms with Crippen molar-refractivity contribution in [2.75, 3.05) is 6.54 Å². The molecular weight excluding hydrogens is 268 g/mol. The summed E-state index contributed by atoms with van der Waals surface area (Å²) in [7, 11) is 0. The van der Waals surface area contributed by atoms with Gasteiger partial charge in [0.05, 0.1) is 0 Å². The molecule has 0 amide bonds. The van der Waals surface area contributed by atoms with Gasteiger partial charge >= 0.3 is 0 Å². The van der Waals surface area contributed by atoms with E-state index in [0.717, 1.165) is 10.0 Å². The molecule has 1 atom stereocenters. The fourth-order valence-corrected chi connectivity index (χ4v) is 1.32. The highest BCUT2D eigenvalue weighted by Crippen LogP contribution is 2.10. The first-order chi connectivity index (χ1) is 7.09. The summed E-state index contributed by atoms with van der Waals surface area (Å²) in [6, 6.07) is 7.51. The SMILES string of the molecule is OC(CNCc1ccc(Br)cc1)C(F)F. The summed E-state index contributed by atoms with van der Waals surface area (Å²) in [5.41, 5.74) is 0.986. The van der Waals surface area contributed by atoms with Gasteiger partial charge in [-0.05, 0) is 17.7 Å². The first kappa shape index (κ1) is 12.5. The molecular formula is C10H12BrF2NO. The Bertz CT molecular complexity index is 292. The minimum atomic E-state index is -2.69. The van der Waals surface area contributed by atoms with Crippen molar-refractivity contribution in [2.24, 2.45) is 0 Å². The van der Waals surface area contributed by atoms with E-state index in [1.165, 1.54) is 0 Å². The number of nitrogens with one attached hydrogen (secondary N) is 1. The summed E-state index contributed by atoms with van der Waals surface area (Å²) in [6.45, 7) is 0.366. The molecule has 0 bridgehead atoms. The molecule has 1 rings (SSSR count). The molecule has 0 aromatic heterocycles. The third kappa shape index (κ3) is 4.68. The maximum absolute atomic E-state index is 11.9. The number of aliphatic hydroxyl groups is 1. The Morgan fingerprint density at radius 1 is 1.27 bits per heavy atom. The summed E-state index contributed by atoms with van der Waals surface area (Å²) < 4.78 is 24.8. The van der Waals surface area contributed by atoms with Crippen molar-refractivity contribution in [2.45, 2.75) is 19.1 Å². The van der Waals surface area contributed by atoms with E-state index in [0.29, 0.717) is 6.54 Å². The quantitative estimate of drug-likeness (QED) is 0.866. The summed E-state index contributed by atoms with van der Waals surface area (Å²) in [6.07, 6.45) is -4.29. The third-order valence-electron chi connectivity index (χ3n) is 1.89. The van der Waals surface area contributed by atoms with Crippen LogP contribution in [0.2, 0.25) is 0 Å². The van der Waals surface area contributed by atoms with Crippen LogP contribution in [0.5, 0.6) is 0 Å². The average molecular weight is 280 g/mol. The Morgan fingerprint density at radius 3 is 2.40 bits per heavy atom. The average Bonchev–Trinajstić information content (AvgIpc) is 2.20. The van der Waals surface area contributed by atoms with Crippen LogP contribution in [0.4, 0.5) is 8.78 Å². The zero-order valence-corrected chi connectivity index (χ0v) is 9.55. The third-order valence-corrected chi connectivity index (χ3v) is 2.42. The minimum Gasteiger partial charge on any atom is -0.386 e. The highest BCUT2D eigenvalue weighted by Gasteiger charge is 2.15. The van der Waals surface area contributed by atoms with Crippen LogP contribution < -0.4 is 5.32 Å². The molecule has 15 heavy (non-hydrogen) atoms. The van der Waals surface area contributed by atoms with Crippen LogP contribution in [0.1, 0.15) is 5.56 Å². The van der Waals surface area contributed by atoms with Gasteiger partial charge in [-0.3, -0.25) is 0 Å². The summed E-state index contributed by atoms with van der Waals surface area (Å²) in [5, 5.41) is 11.6. The monoisotopic (exact) mass is 279 g/mol. The Balaban J connectivity index is 2.29. The molecule has 1 unspecified atom stereocenters. The summed E-state index contributed by atoms with van der Waals surface area (Å²) >= 11 is 3.30. The lowest BCUT2D eigenvalue weighted by Gasteiger charge is -2.10. The van der Waals surface area contributed by atoms with Gasteiger partial charge in [0.1, 0.15) is 6.10 Å². The van der Waals surface area contributed by atoms with E-state index in [-0.39, 0.29) is 6.54 Å². The van der Waals surface area contributed by atoms with Crippen molar-refractivity contribution in [1.82, 2.24) is 5.32 Å². The van der Waals surface area contributed by atoms with Crippen molar-refractivity contribution in [1.29, 1.82) is 0 Å². The lowest BCUT2D eigenvalue weighted by atomic mass is 10.2. The van der Waals surface area contributed by atoms with E-state index in [1.807, 2.05) is 24.3 Å². The number of alkyl halides is 2. The van der Waals surface area contributed by atoms with Crippen molar-refractivity contribution in [3.05, 3.63) is 34.3 Å². The predicted molar refractivity (Wildman–Crippen MR) is 57.9 cm³/mol. The maximum Gasteiger partial charge on any atom is 0.265 e. The molecule has 0 aliphatic heterocycles. The van der Waals surface area contributed by atoms with Gasteiger partial charge in [0, 0.05) is 17.6 Å². The molecule has 2 nitrogen and oxygen atoms in total. The number of rotatable bonds is 5. The van der Waals surface area contributed by atoms with Gasteiger partial charge in [-0.2, -0.15) is 0 Å². The van der Waals surface area contributed by atoms with Crippen LogP contribution >= 0.6 is 15.9 Å². The molecule has 1 aromatic carbocycles. The number of halogens is 3. The highest BCUT2D eigenvalue weighted by molar-refractivity contribution is 9.10. The Morgan fingerprint density at radius 2 is 1.87 bits per heavy atom. The summed E-state index contributed by atoms with van der Waals surface area (Å²) in [4.78, 5) is 0.